The van der Waals surface area contributed by atoms with Crippen molar-refractivity contribution in [3.8, 4) is 0 Å². The zero-order valence-corrected chi connectivity index (χ0v) is 10.3. The molecule has 1 saturated heterocycles. The third-order valence-electron chi connectivity index (χ3n) is 3.03. The van der Waals surface area contributed by atoms with Crippen molar-refractivity contribution >= 4 is 5.96 Å². The van der Waals surface area contributed by atoms with Crippen molar-refractivity contribution in [1.82, 2.24) is 10.3 Å². The number of nitrogens with one attached hydrogen (secondary N) is 1. The number of guanidine groups is 1. The van der Waals surface area contributed by atoms with E-state index in [2.05, 4.69) is 16.8 Å². The lowest BCUT2D eigenvalue weighted by atomic mass is 10.0. The first-order chi connectivity index (χ1) is 8.09. The highest BCUT2D eigenvalue weighted by Gasteiger charge is 2.16. The van der Waals surface area contributed by atoms with Gasteiger partial charge in [-0.25, -0.2) is 15.1 Å². The molecule has 1 fully saturated rings. The third kappa shape index (κ3) is 5.48. The van der Waals surface area contributed by atoms with Gasteiger partial charge in [-0.15, -0.1) is 0 Å². The van der Waals surface area contributed by atoms with E-state index in [4.69, 9.17) is 5.73 Å². The van der Waals surface area contributed by atoms with E-state index in [0.29, 0.717) is 12.6 Å². The van der Waals surface area contributed by atoms with E-state index in [-0.39, 0.29) is 5.96 Å². The maximum Gasteiger partial charge on any atom is 0.251 e. The van der Waals surface area contributed by atoms with Crippen molar-refractivity contribution < 1.29 is 5.03 Å². The summed E-state index contributed by atoms with van der Waals surface area (Å²) in [6, 6.07) is 0.641. The number of rotatable bonds is 5. The van der Waals surface area contributed by atoms with E-state index >= 15 is 0 Å². The van der Waals surface area contributed by atoms with Crippen molar-refractivity contribution in [2.24, 2.45) is 10.7 Å². The minimum Gasteiger partial charge on any atom is -0.365 e. The maximum absolute atomic E-state index is 10.1. The Hall–Kier alpha value is -1.37. The molecule has 0 aromatic rings. The molecule has 1 aliphatic heterocycles. The van der Waals surface area contributed by atoms with E-state index in [1.54, 1.807) is 0 Å². The average molecular weight is 243 g/mol. The van der Waals surface area contributed by atoms with Gasteiger partial charge in [0.25, 0.3) is 5.96 Å². The number of nitro groups is 1. The molecule has 1 rings (SSSR count). The van der Waals surface area contributed by atoms with Crippen molar-refractivity contribution in [2.75, 3.05) is 19.6 Å². The highest BCUT2D eigenvalue weighted by Crippen LogP contribution is 2.16. The van der Waals surface area contributed by atoms with Gasteiger partial charge in [-0.2, -0.15) is 0 Å². The van der Waals surface area contributed by atoms with Gasteiger partial charge in [-0.1, -0.05) is 11.8 Å². The molecular formula is C10H21N5O2. The Morgan fingerprint density at radius 1 is 1.65 bits per heavy atom. The number of hydrogen-bond donors (Lipinski definition) is 2. The van der Waals surface area contributed by atoms with E-state index in [9.17, 15) is 10.1 Å². The third-order valence-corrected chi connectivity index (χ3v) is 3.03. The fourth-order valence-corrected chi connectivity index (χ4v) is 2.09. The fraction of sp³-hybridized carbons (Fsp3) is 0.900. The summed E-state index contributed by atoms with van der Waals surface area (Å²) in [6.45, 7) is 4.89. The lowest BCUT2D eigenvalue weighted by molar-refractivity contribution is -0.525. The predicted octanol–water partition coefficient (Wildman–Crippen LogP) is 0.347. The summed E-state index contributed by atoms with van der Waals surface area (Å²) >= 11 is 0. The first kappa shape index (κ1) is 13.7. The van der Waals surface area contributed by atoms with E-state index < -0.39 is 5.03 Å². The van der Waals surface area contributed by atoms with Gasteiger partial charge >= 0.3 is 0 Å². The SMILES string of the molecule is CC1CCCCN1CCCN=C(N)N[N+](=O)[O-]. The molecule has 1 heterocycles. The number of nitrogens with zero attached hydrogens (tertiary/aromatic N) is 3. The van der Waals surface area contributed by atoms with Crippen LogP contribution in [0, 0.1) is 10.1 Å². The minimum absolute atomic E-state index is 0.123. The van der Waals surface area contributed by atoms with Crippen LogP contribution in [0.3, 0.4) is 0 Å². The van der Waals surface area contributed by atoms with Crippen molar-refractivity contribution in [3.05, 3.63) is 10.1 Å². The van der Waals surface area contributed by atoms with Crippen LogP contribution in [0.1, 0.15) is 32.6 Å². The predicted molar refractivity (Wildman–Crippen MR) is 66.1 cm³/mol. The monoisotopic (exact) mass is 243 g/mol. The second-order valence-electron chi connectivity index (χ2n) is 4.37. The van der Waals surface area contributed by atoms with Gasteiger partial charge in [-0.05, 0) is 32.7 Å². The summed E-state index contributed by atoms with van der Waals surface area (Å²) in [6.07, 6.45) is 4.72. The van der Waals surface area contributed by atoms with Crippen LogP contribution in [0.15, 0.2) is 4.99 Å². The molecule has 1 unspecified atom stereocenters. The normalized spacial score (nSPS) is 22.4. The summed E-state index contributed by atoms with van der Waals surface area (Å²) in [5.41, 5.74) is 7.13. The number of piperidine rings is 1. The van der Waals surface area contributed by atoms with Crippen LogP contribution in [-0.4, -0.2) is 41.6 Å². The molecule has 1 atom stereocenters. The Balaban J connectivity index is 2.16. The van der Waals surface area contributed by atoms with Crippen molar-refractivity contribution in [3.63, 3.8) is 0 Å². The van der Waals surface area contributed by atoms with Gasteiger partial charge in [0.1, 0.15) is 0 Å². The first-order valence-corrected chi connectivity index (χ1v) is 6.04. The first-order valence-electron chi connectivity index (χ1n) is 6.04. The van der Waals surface area contributed by atoms with Gasteiger partial charge < -0.3 is 10.6 Å². The molecule has 0 bridgehead atoms. The Morgan fingerprint density at radius 3 is 3.06 bits per heavy atom. The quantitative estimate of drug-likeness (QED) is 0.239. The summed E-state index contributed by atoms with van der Waals surface area (Å²) in [5, 5.41) is 9.36. The molecule has 0 amide bonds. The molecule has 0 aromatic heterocycles. The van der Waals surface area contributed by atoms with Crippen LogP contribution in [0.25, 0.3) is 0 Å². The second-order valence-corrected chi connectivity index (χ2v) is 4.37. The number of aliphatic imine (C=N–C) groups is 1. The van der Waals surface area contributed by atoms with Crippen LogP contribution in [0.4, 0.5) is 0 Å². The molecule has 0 aromatic carbocycles. The minimum atomic E-state index is -0.703. The smallest absolute Gasteiger partial charge is 0.251 e. The fourth-order valence-electron chi connectivity index (χ4n) is 2.09. The highest BCUT2D eigenvalue weighted by molar-refractivity contribution is 5.76. The molecule has 0 saturated carbocycles. The average Bonchev–Trinajstić information content (AvgIpc) is 2.25. The number of nitrogens with two attached hydrogens (primary N) is 1. The van der Waals surface area contributed by atoms with E-state index in [1.165, 1.54) is 19.3 Å². The van der Waals surface area contributed by atoms with Gasteiger partial charge in [-0.3, -0.25) is 0 Å². The van der Waals surface area contributed by atoms with Gasteiger partial charge in [0.2, 0.25) is 0 Å². The standard InChI is InChI=1S/C10H21N5O2/c1-9-5-2-3-7-14(9)8-4-6-12-10(11)13-15(16)17/h9H,2-8H2,1H3,(H3,11,12,13). The summed E-state index contributed by atoms with van der Waals surface area (Å²) in [5.74, 6) is -0.123. The highest BCUT2D eigenvalue weighted by atomic mass is 16.7. The zero-order chi connectivity index (χ0) is 12.7. The van der Waals surface area contributed by atoms with Crippen LogP contribution in [-0.2, 0) is 0 Å². The second kappa shape index (κ2) is 7.05. The Morgan fingerprint density at radius 2 is 2.41 bits per heavy atom. The van der Waals surface area contributed by atoms with Crippen LogP contribution in [0.5, 0.6) is 0 Å². The van der Waals surface area contributed by atoms with Gasteiger partial charge in [0, 0.05) is 19.1 Å². The molecule has 1 aliphatic rings. The Bertz CT molecular complexity index is 282. The zero-order valence-electron chi connectivity index (χ0n) is 10.3. The molecule has 0 aliphatic carbocycles. The Kier molecular flexibility index (Phi) is 5.68. The van der Waals surface area contributed by atoms with E-state index in [1.807, 2.05) is 5.43 Å². The van der Waals surface area contributed by atoms with E-state index in [0.717, 1.165) is 19.5 Å². The molecule has 0 radical (unpaired) electrons. The summed E-state index contributed by atoms with van der Waals surface area (Å²) in [4.78, 5) is 16.4. The summed E-state index contributed by atoms with van der Waals surface area (Å²) in [7, 11) is 0. The molecule has 98 valence electrons. The molecule has 17 heavy (non-hydrogen) atoms. The largest absolute Gasteiger partial charge is 0.365 e. The van der Waals surface area contributed by atoms with Gasteiger partial charge in [0.15, 0.2) is 5.03 Å². The molecule has 7 nitrogen and oxygen atoms in total. The number of hydrogen-bond acceptors (Lipinski definition) is 4. The molecule has 0 spiro atoms. The Labute approximate surface area is 101 Å². The number of hydrazine groups is 1. The molecule has 7 heteroatoms. The maximum atomic E-state index is 10.1. The topological polar surface area (TPSA) is 96.8 Å². The van der Waals surface area contributed by atoms with Crippen LogP contribution >= 0.6 is 0 Å². The molecule has 3 N–H and O–H groups in total. The van der Waals surface area contributed by atoms with Crippen molar-refractivity contribution in [1.29, 1.82) is 0 Å². The van der Waals surface area contributed by atoms with Gasteiger partial charge in [0.05, 0.1) is 0 Å². The number of likely N-dealkylation sites (tertiary alicyclic amines) is 1. The van der Waals surface area contributed by atoms with Crippen LogP contribution in [0.2, 0.25) is 0 Å². The lowest BCUT2D eigenvalue weighted by Crippen LogP contribution is -2.38. The van der Waals surface area contributed by atoms with Crippen molar-refractivity contribution in [2.45, 2.75) is 38.6 Å². The summed E-state index contributed by atoms with van der Waals surface area (Å²) < 4.78 is 0. The van der Waals surface area contributed by atoms with Crippen LogP contribution < -0.4 is 11.2 Å². The lowest BCUT2D eigenvalue weighted by Gasteiger charge is -2.33. The molecular weight excluding hydrogens is 222 g/mol.